The first kappa shape index (κ1) is 33.7. The minimum absolute atomic E-state index is 0.0707. The fourth-order valence-electron chi connectivity index (χ4n) is 3.81. The quantitative estimate of drug-likeness (QED) is 0.0630. The van der Waals surface area contributed by atoms with Crippen LogP contribution in [0.2, 0.25) is 0 Å². The Morgan fingerprint density at radius 2 is 0.957 bits per heavy atom. The molecule has 0 aliphatic heterocycles. The van der Waals surface area contributed by atoms with E-state index in [2.05, 4.69) is 44.1 Å². The van der Waals surface area contributed by atoms with E-state index in [1.807, 2.05) is 18.2 Å². The van der Waals surface area contributed by atoms with Crippen LogP contribution in [0, 0.1) is 0 Å². The first-order chi connectivity index (χ1) is 22.9. The number of carbonyl (C=O) groups excluding carboxylic acids is 2. The lowest BCUT2D eigenvalue weighted by atomic mass is 10.3. The highest BCUT2D eigenvalue weighted by Crippen LogP contribution is 2.26. The molecule has 244 valence electrons. The molecule has 4 N–H and O–H groups in total. The molecule has 3 aromatic carbocycles. The van der Waals surface area contributed by atoms with Crippen molar-refractivity contribution in [2.45, 2.75) is 0 Å². The Morgan fingerprint density at radius 3 is 1.30 bits per heavy atom. The summed E-state index contributed by atoms with van der Waals surface area (Å²) >= 11 is 0. The van der Waals surface area contributed by atoms with Crippen molar-refractivity contribution in [3.63, 3.8) is 0 Å². The molecule has 0 bridgehead atoms. The standard InChI is InChI=1S/C33H34N6O8/c1-3-29(41)46-18-16-44-27-12-6-9-24(21-27)35-32-37-31(34-23-8-5-11-26(20-23)43-15-14-40)38-33(39-32)36-25-10-7-13-28(22-25)45-17-19-47-30(42)4-2/h3-13,20-22,40H,1-2,14-19H2,(H3,34,35,36,37,38,39). The van der Waals surface area contributed by atoms with Gasteiger partial charge in [-0.2, -0.15) is 15.0 Å². The molecule has 4 rings (SSSR count). The number of aromatic nitrogens is 3. The fraction of sp³-hybridized carbons (Fsp3) is 0.182. The van der Waals surface area contributed by atoms with Gasteiger partial charge in [0.2, 0.25) is 17.8 Å². The van der Waals surface area contributed by atoms with Gasteiger partial charge in [0.1, 0.15) is 50.3 Å². The maximum absolute atomic E-state index is 11.3. The monoisotopic (exact) mass is 642 g/mol. The average Bonchev–Trinajstić information content (AvgIpc) is 3.08. The Hall–Kier alpha value is -6.15. The number of aliphatic hydroxyl groups is 1. The number of ether oxygens (including phenoxy) is 5. The zero-order valence-corrected chi connectivity index (χ0v) is 25.4. The Bertz CT molecular complexity index is 1580. The molecule has 4 aromatic rings. The van der Waals surface area contributed by atoms with E-state index < -0.39 is 11.9 Å². The molecule has 0 aliphatic carbocycles. The minimum atomic E-state index is -0.525. The SMILES string of the molecule is C=CC(=O)OCCOc1cccc(Nc2nc(Nc3cccc(OCCO)c3)nc(Nc3cccc(OCCOC(=O)C=C)c3)n2)c1. The summed E-state index contributed by atoms with van der Waals surface area (Å²) in [6, 6.07) is 21.3. The molecule has 14 nitrogen and oxygen atoms in total. The van der Waals surface area contributed by atoms with Crippen LogP contribution >= 0.6 is 0 Å². The van der Waals surface area contributed by atoms with E-state index >= 15 is 0 Å². The second-order valence-corrected chi connectivity index (χ2v) is 9.28. The van der Waals surface area contributed by atoms with E-state index in [4.69, 9.17) is 28.8 Å². The molecule has 1 heterocycles. The summed E-state index contributed by atoms with van der Waals surface area (Å²) < 4.78 is 26.8. The Kier molecular flexibility index (Phi) is 12.9. The summed E-state index contributed by atoms with van der Waals surface area (Å²) in [5.74, 6) is 1.22. The van der Waals surface area contributed by atoms with Crippen molar-refractivity contribution in [3.8, 4) is 17.2 Å². The first-order valence-electron chi connectivity index (χ1n) is 14.4. The van der Waals surface area contributed by atoms with Crippen LogP contribution in [0.4, 0.5) is 34.9 Å². The second kappa shape index (κ2) is 18.0. The van der Waals surface area contributed by atoms with Crippen LogP contribution in [0.25, 0.3) is 0 Å². The van der Waals surface area contributed by atoms with Crippen LogP contribution in [0.1, 0.15) is 0 Å². The average molecular weight is 643 g/mol. The van der Waals surface area contributed by atoms with Crippen LogP contribution in [-0.4, -0.2) is 71.6 Å². The molecule has 0 radical (unpaired) electrons. The van der Waals surface area contributed by atoms with Gasteiger partial charge < -0.3 is 44.7 Å². The number of nitrogens with zero attached hydrogens (tertiary/aromatic N) is 3. The van der Waals surface area contributed by atoms with Crippen molar-refractivity contribution < 1.29 is 38.4 Å². The number of carbonyl (C=O) groups is 2. The molecule has 0 saturated heterocycles. The topological polar surface area (TPSA) is 175 Å². The van der Waals surface area contributed by atoms with Crippen LogP contribution in [0.3, 0.4) is 0 Å². The van der Waals surface area contributed by atoms with Crippen molar-refractivity contribution in [2.75, 3.05) is 55.6 Å². The summed E-state index contributed by atoms with van der Waals surface area (Å²) in [5, 5.41) is 18.6. The lowest BCUT2D eigenvalue weighted by molar-refractivity contribution is -0.139. The van der Waals surface area contributed by atoms with Crippen molar-refractivity contribution in [1.29, 1.82) is 0 Å². The van der Waals surface area contributed by atoms with Crippen LogP contribution < -0.4 is 30.2 Å². The van der Waals surface area contributed by atoms with E-state index in [9.17, 15) is 9.59 Å². The van der Waals surface area contributed by atoms with Crippen molar-refractivity contribution >= 4 is 46.8 Å². The summed E-state index contributed by atoms with van der Waals surface area (Å²) in [5.41, 5.74) is 1.89. The largest absolute Gasteiger partial charge is 0.491 e. The maximum Gasteiger partial charge on any atom is 0.330 e. The third-order valence-electron chi connectivity index (χ3n) is 5.79. The predicted molar refractivity (Wildman–Crippen MR) is 175 cm³/mol. The lowest BCUT2D eigenvalue weighted by Gasteiger charge is -2.13. The fourth-order valence-corrected chi connectivity index (χ4v) is 3.81. The van der Waals surface area contributed by atoms with E-state index in [-0.39, 0.29) is 57.5 Å². The molecule has 0 amide bonds. The lowest BCUT2D eigenvalue weighted by Crippen LogP contribution is -2.10. The molecule has 0 aliphatic rings. The van der Waals surface area contributed by atoms with Crippen molar-refractivity contribution in [1.82, 2.24) is 15.0 Å². The van der Waals surface area contributed by atoms with Gasteiger partial charge in [-0.3, -0.25) is 0 Å². The molecule has 0 spiro atoms. The number of benzene rings is 3. The molecule has 0 unspecified atom stereocenters. The first-order valence-corrected chi connectivity index (χ1v) is 14.4. The summed E-state index contributed by atoms with van der Waals surface area (Å²) in [4.78, 5) is 36.1. The van der Waals surface area contributed by atoms with Gasteiger partial charge in [-0.05, 0) is 36.4 Å². The second-order valence-electron chi connectivity index (χ2n) is 9.28. The predicted octanol–water partition coefficient (Wildman–Crippen LogP) is 4.69. The number of nitrogens with one attached hydrogen (secondary N) is 3. The zero-order valence-electron chi connectivity index (χ0n) is 25.4. The molecule has 1 aromatic heterocycles. The van der Waals surface area contributed by atoms with Gasteiger partial charge in [0.15, 0.2) is 0 Å². The third kappa shape index (κ3) is 11.7. The number of anilines is 6. The van der Waals surface area contributed by atoms with E-state index in [0.717, 1.165) is 12.2 Å². The van der Waals surface area contributed by atoms with E-state index in [0.29, 0.717) is 34.3 Å². The van der Waals surface area contributed by atoms with Gasteiger partial charge in [0.05, 0.1) is 6.61 Å². The molecule has 47 heavy (non-hydrogen) atoms. The Balaban J connectivity index is 1.52. The Morgan fingerprint density at radius 1 is 0.596 bits per heavy atom. The number of rotatable bonds is 19. The molecule has 0 saturated carbocycles. The summed E-state index contributed by atoms with van der Waals surface area (Å²) in [7, 11) is 0. The highest BCUT2D eigenvalue weighted by Gasteiger charge is 2.11. The highest BCUT2D eigenvalue weighted by atomic mass is 16.6. The molecule has 0 atom stereocenters. The normalized spacial score (nSPS) is 10.2. The Labute approximate surface area is 271 Å². The highest BCUT2D eigenvalue weighted by molar-refractivity contribution is 5.81. The summed E-state index contributed by atoms with van der Waals surface area (Å²) in [6.45, 7) is 7.22. The van der Waals surface area contributed by atoms with Crippen LogP contribution in [0.5, 0.6) is 17.2 Å². The molecule has 14 heteroatoms. The van der Waals surface area contributed by atoms with Crippen molar-refractivity contribution in [3.05, 3.63) is 98.1 Å². The van der Waals surface area contributed by atoms with Gasteiger partial charge in [0.25, 0.3) is 0 Å². The number of hydrogen-bond donors (Lipinski definition) is 4. The third-order valence-corrected chi connectivity index (χ3v) is 5.79. The number of esters is 2. The molecular weight excluding hydrogens is 608 g/mol. The van der Waals surface area contributed by atoms with Gasteiger partial charge in [0, 0.05) is 47.4 Å². The van der Waals surface area contributed by atoms with Crippen molar-refractivity contribution in [2.24, 2.45) is 0 Å². The molecular formula is C33H34N6O8. The van der Waals surface area contributed by atoms with Gasteiger partial charge in [-0.1, -0.05) is 31.4 Å². The van der Waals surface area contributed by atoms with Gasteiger partial charge >= 0.3 is 11.9 Å². The summed E-state index contributed by atoms with van der Waals surface area (Å²) in [6.07, 6.45) is 2.18. The number of aliphatic hydroxyl groups excluding tert-OH is 1. The molecule has 0 fully saturated rings. The van der Waals surface area contributed by atoms with Crippen LogP contribution in [0.15, 0.2) is 98.1 Å². The zero-order chi connectivity index (χ0) is 33.3. The minimum Gasteiger partial charge on any atom is -0.491 e. The van der Waals surface area contributed by atoms with Gasteiger partial charge in [-0.25, -0.2) is 9.59 Å². The van der Waals surface area contributed by atoms with Gasteiger partial charge in [-0.15, -0.1) is 0 Å². The van der Waals surface area contributed by atoms with E-state index in [1.165, 1.54) is 0 Å². The number of hydrogen-bond acceptors (Lipinski definition) is 14. The maximum atomic E-state index is 11.3. The van der Waals surface area contributed by atoms with E-state index in [1.54, 1.807) is 54.6 Å². The smallest absolute Gasteiger partial charge is 0.330 e. The van der Waals surface area contributed by atoms with Crippen LogP contribution in [-0.2, 0) is 19.1 Å².